The van der Waals surface area contributed by atoms with Crippen LogP contribution in [0.25, 0.3) is 0 Å². The largest absolute Gasteiger partial charge is 0.456 e. The maximum absolute atomic E-state index is 14.3. The second kappa shape index (κ2) is 32.2. The van der Waals surface area contributed by atoms with Crippen LogP contribution in [0.4, 0.5) is 9.59 Å². The number of benzene rings is 1. The van der Waals surface area contributed by atoms with E-state index in [0.29, 0.717) is 31.4 Å². The van der Waals surface area contributed by atoms with Gasteiger partial charge in [-0.15, -0.1) is 0 Å². The minimum absolute atomic E-state index is 0.0582. The molecule has 7 amide bonds. The first kappa shape index (κ1) is 65.6. The highest BCUT2D eigenvalue weighted by atomic mass is 16.6. The van der Waals surface area contributed by atoms with Gasteiger partial charge in [-0.25, -0.2) is 19.2 Å². The van der Waals surface area contributed by atoms with Crippen molar-refractivity contribution in [2.45, 2.75) is 189 Å². The molecule has 0 aliphatic carbocycles. The van der Waals surface area contributed by atoms with Crippen LogP contribution in [0.1, 0.15) is 141 Å². The molecule has 20 nitrogen and oxygen atoms in total. The number of ether oxygens (including phenoxy) is 4. The molecule has 0 saturated heterocycles. The Morgan fingerprint density at radius 1 is 0.829 bits per heavy atom. The highest BCUT2D eigenvalue weighted by molar-refractivity contribution is 5.96. The number of likely N-dealkylation sites (N-methyl/N-ethyl adjacent to an activating group) is 2. The molecule has 0 spiro atoms. The van der Waals surface area contributed by atoms with Gasteiger partial charge >= 0.3 is 24.1 Å². The lowest BCUT2D eigenvalue weighted by atomic mass is 9.90. The minimum atomic E-state index is -1.33. The first-order chi connectivity index (χ1) is 35.6. The van der Waals surface area contributed by atoms with Crippen LogP contribution in [-0.4, -0.2) is 145 Å². The van der Waals surface area contributed by atoms with Crippen LogP contribution >= 0.6 is 0 Å². The van der Waals surface area contributed by atoms with Gasteiger partial charge < -0.3 is 55.3 Å². The average Bonchev–Trinajstić information content (AvgIpc) is 3.35. The molecule has 2 rings (SSSR count). The number of amides is 7. The van der Waals surface area contributed by atoms with Crippen molar-refractivity contribution in [2.24, 2.45) is 17.8 Å². The Morgan fingerprint density at radius 3 is 1.99 bits per heavy atom. The smallest absolute Gasteiger partial charge is 0.407 e. The average molecular weight is 1070 g/mol. The number of hydrogen-bond donors (Lipinski definition) is 5. The van der Waals surface area contributed by atoms with E-state index in [1.165, 1.54) is 45.8 Å². The van der Waals surface area contributed by atoms with Gasteiger partial charge in [0, 0.05) is 51.5 Å². The van der Waals surface area contributed by atoms with Crippen LogP contribution in [0.2, 0.25) is 0 Å². The van der Waals surface area contributed by atoms with E-state index in [4.69, 9.17) is 18.9 Å². The van der Waals surface area contributed by atoms with E-state index in [1.807, 2.05) is 26.8 Å². The lowest BCUT2D eigenvalue weighted by Crippen LogP contribution is -2.57. The third-order valence-corrected chi connectivity index (χ3v) is 13.1. The maximum Gasteiger partial charge on any atom is 0.407 e. The fourth-order valence-electron chi connectivity index (χ4n) is 8.17. The molecule has 1 aromatic rings. The number of nitrogens with zero attached hydrogens (tertiary/aromatic N) is 2. The van der Waals surface area contributed by atoms with Gasteiger partial charge in [0.2, 0.25) is 23.6 Å². The summed E-state index contributed by atoms with van der Waals surface area (Å²) in [5, 5.41) is 13.6. The summed E-state index contributed by atoms with van der Waals surface area (Å²) in [7, 11) is 2.83. The standard InChI is InChI=1S/C56H89N7O13/c1-16-35(5)46-49(66)60-40(10)53(70)75-47(36(6)17-2)38(8)43(74-54(71)57-29-23-18-19-24-30-58-55(72)76-56(11,12)13)28-27-37(7)52(69)73-44(31-34(3)4)48(65)59-39(9)50(67)63(15)42(32-41-25-21-20-22-26-41)51(68)62(14)33-45(64)61-46/h17,20-22,25-27,34-35,38-40,42-44,46-47H,16,18-19,23-24,28-33H2,1-15H3,(H,57,71)(H,58,72)(H,59,65)(H,60,66)(H,61,64)/b36-17+,37-27+/t35-,38+,39+,40-,42-,43+,44-,46+,47-/m1/s1. The first-order valence-electron chi connectivity index (χ1n) is 26.7. The predicted molar refractivity (Wildman–Crippen MR) is 288 cm³/mol. The summed E-state index contributed by atoms with van der Waals surface area (Å²) < 4.78 is 23.2. The van der Waals surface area contributed by atoms with Crippen molar-refractivity contribution in [3.63, 3.8) is 0 Å². The summed E-state index contributed by atoms with van der Waals surface area (Å²) in [6.07, 6.45) is 2.03. The number of cyclic esters (lactones) is 2. The Bertz CT molecular complexity index is 2180. The normalized spacial score (nSPS) is 25.0. The molecule has 0 aromatic heterocycles. The lowest BCUT2D eigenvalue weighted by Gasteiger charge is -2.33. The number of rotatable bonds is 15. The van der Waals surface area contributed by atoms with E-state index in [2.05, 4.69) is 26.6 Å². The Hall–Kier alpha value is -6.47. The van der Waals surface area contributed by atoms with Gasteiger partial charge in [0.25, 0.3) is 5.91 Å². The number of carbonyl (C=O) groups excluding carboxylic acids is 9. The molecular weight excluding hydrogens is 979 g/mol. The predicted octanol–water partition coefficient (Wildman–Crippen LogP) is 6.06. The van der Waals surface area contributed by atoms with E-state index in [1.54, 1.807) is 78.8 Å². The van der Waals surface area contributed by atoms with Gasteiger partial charge in [-0.05, 0) is 97.6 Å². The number of unbranched alkanes of at least 4 members (excludes halogenated alkanes) is 3. The molecule has 0 unspecified atom stereocenters. The second-order valence-corrected chi connectivity index (χ2v) is 21.3. The van der Waals surface area contributed by atoms with Gasteiger partial charge in [0.15, 0.2) is 6.10 Å². The number of hydrogen-bond acceptors (Lipinski definition) is 13. The van der Waals surface area contributed by atoms with Crippen molar-refractivity contribution < 1.29 is 62.1 Å². The van der Waals surface area contributed by atoms with Crippen molar-refractivity contribution in [3.8, 4) is 0 Å². The summed E-state index contributed by atoms with van der Waals surface area (Å²) in [6, 6.07) is 4.28. The number of carbonyl (C=O) groups is 9. The first-order valence-corrected chi connectivity index (χ1v) is 26.7. The van der Waals surface area contributed by atoms with Gasteiger partial charge in [-0.2, -0.15) is 0 Å². The zero-order valence-electron chi connectivity index (χ0n) is 47.8. The fourth-order valence-corrected chi connectivity index (χ4v) is 8.17. The highest BCUT2D eigenvalue weighted by Gasteiger charge is 2.38. The Balaban J connectivity index is 2.58. The molecule has 0 saturated carbocycles. The summed E-state index contributed by atoms with van der Waals surface area (Å²) in [6.45, 7) is 22.5. The maximum atomic E-state index is 14.3. The quantitative estimate of drug-likeness (QED) is 0.0581. The molecule has 9 atom stereocenters. The Morgan fingerprint density at radius 2 is 1.42 bits per heavy atom. The molecule has 5 N–H and O–H groups in total. The molecular formula is C56H89N7O13. The van der Waals surface area contributed by atoms with E-state index >= 15 is 0 Å². The zero-order valence-corrected chi connectivity index (χ0v) is 47.8. The molecule has 1 heterocycles. The SMILES string of the molecule is C/C=C(\C)[C@H]1OC(=O)[C@@H](C)NC(=O)[C@H]([C@H](C)CC)NC(=O)CN(C)C(=O)[C@@H](Cc2ccccc2)N(C)C(=O)[C@H](C)NC(=O)[C@@H](CC(C)C)OC(=O)/C(C)=C/C[C@H](OC(=O)NCCCCCCNC(=O)OC(C)(C)C)[C@@H]1C. The lowest BCUT2D eigenvalue weighted by molar-refractivity contribution is -0.155. The zero-order chi connectivity index (χ0) is 57.4. The van der Waals surface area contributed by atoms with Crippen LogP contribution in [0.3, 0.4) is 0 Å². The van der Waals surface area contributed by atoms with Crippen LogP contribution in [0.5, 0.6) is 0 Å². The van der Waals surface area contributed by atoms with Crippen molar-refractivity contribution in [1.82, 2.24) is 36.4 Å². The van der Waals surface area contributed by atoms with Crippen molar-refractivity contribution in [1.29, 1.82) is 0 Å². The fraction of sp³-hybridized carbons (Fsp3) is 0.661. The summed E-state index contributed by atoms with van der Waals surface area (Å²) in [4.78, 5) is 126. The number of nitrogens with one attached hydrogen (secondary N) is 5. The van der Waals surface area contributed by atoms with E-state index in [0.717, 1.165) is 23.3 Å². The van der Waals surface area contributed by atoms with Gasteiger partial charge in [0.1, 0.15) is 42.0 Å². The minimum Gasteiger partial charge on any atom is -0.456 e. The van der Waals surface area contributed by atoms with Crippen molar-refractivity contribution >= 4 is 53.7 Å². The van der Waals surface area contributed by atoms with Gasteiger partial charge in [-0.3, -0.25) is 24.0 Å². The van der Waals surface area contributed by atoms with E-state index in [9.17, 15) is 43.2 Å². The number of allylic oxidation sites excluding steroid dienone is 1. The molecule has 0 radical (unpaired) electrons. The second-order valence-electron chi connectivity index (χ2n) is 21.3. The number of alkyl carbamates (subject to hydrolysis) is 2. The van der Waals surface area contributed by atoms with Gasteiger partial charge in [-0.1, -0.05) is 96.4 Å². The molecule has 426 valence electrons. The van der Waals surface area contributed by atoms with E-state index in [-0.39, 0.29) is 37.3 Å². The van der Waals surface area contributed by atoms with E-state index < -0.39 is 120 Å². The van der Waals surface area contributed by atoms with Crippen molar-refractivity contribution in [3.05, 3.63) is 59.2 Å². The Kier molecular flexibility index (Phi) is 27.8. The molecule has 20 heteroatoms. The molecule has 76 heavy (non-hydrogen) atoms. The molecule has 1 aliphatic rings. The monoisotopic (exact) mass is 1070 g/mol. The topological polar surface area (TPSA) is 257 Å². The van der Waals surface area contributed by atoms with Crippen LogP contribution in [0.15, 0.2) is 53.6 Å². The van der Waals surface area contributed by atoms with Crippen LogP contribution < -0.4 is 26.6 Å². The van der Waals surface area contributed by atoms with Gasteiger partial charge in [0.05, 0.1) is 6.54 Å². The third kappa shape index (κ3) is 22.8. The Labute approximate surface area is 450 Å². The van der Waals surface area contributed by atoms with Crippen LogP contribution in [-0.2, 0) is 58.9 Å². The summed E-state index contributed by atoms with van der Waals surface area (Å²) in [5.74, 6) is -6.27. The summed E-state index contributed by atoms with van der Waals surface area (Å²) >= 11 is 0. The van der Waals surface area contributed by atoms with Crippen molar-refractivity contribution in [2.75, 3.05) is 33.7 Å². The molecule has 1 aliphatic heterocycles. The third-order valence-electron chi connectivity index (χ3n) is 13.1. The number of esters is 2. The summed E-state index contributed by atoms with van der Waals surface area (Å²) in [5.41, 5.74) is 0.794. The molecule has 1 aromatic carbocycles. The van der Waals surface area contributed by atoms with Crippen LogP contribution in [0, 0.1) is 17.8 Å². The molecule has 0 bridgehead atoms. The highest BCUT2D eigenvalue weighted by Crippen LogP contribution is 2.26. The molecule has 0 fully saturated rings.